The molecular formula is C15H21NO2S. The molecule has 4 heteroatoms. The van der Waals surface area contributed by atoms with Crippen LogP contribution in [0.1, 0.15) is 44.6 Å². The smallest absolute Gasteiger partial charge is 0.207 e. The van der Waals surface area contributed by atoms with Crippen LogP contribution in [0, 0.1) is 6.92 Å². The van der Waals surface area contributed by atoms with E-state index in [4.69, 9.17) is 0 Å². The summed E-state index contributed by atoms with van der Waals surface area (Å²) in [5.41, 5.74) is 1.02. The van der Waals surface area contributed by atoms with Gasteiger partial charge in [0.05, 0.1) is 10.4 Å². The molecule has 104 valence electrons. The van der Waals surface area contributed by atoms with Crippen molar-refractivity contribution in [2.75, 3.05) is 0 Å². The minimum Gasteiger partial charge on any atom is -0.207 e. The quantitative estimate of drug-likeness (QED) is 0.780. The van der Waals surface area contributed by atoms with E-state index in [0.717, 1.165) is 31.2 Å². The molecule has 0 radical (unpaired) electrons. The molecule has 1 aromatic rings. The van der Waals surface area contributed by atoms with Crippen LogP contribution < -0.4 is 0 Å². The van der Waals surface area contributed by atoms with Crippen molar-refractivity contribution < 1.29 is 8.42 Å². The van der Waals surface area contributed by atoms with E-state index in [-0.39, 0.29) is 11.6 Å². The fraction of sp³-hybridized carbons (Fsp3) is 0.600. The molecule has 2 fully saturated rings. The zero-order valence-electron chi connectivity index (χ0n) is 11.6. The Morgan fingerprint density at radius 3 is 2.26 bits per heavy atom. The molecule has 3 rings (SSSR count). The third kappa shape index (κ3) is 1.93. The van der Waals surface area contributed by atoms with Crippen LogP contribution in [-0.2, 0) is 10.0 Å². The van der Waals surface area contributed by atoms with Crippen molar-refractivity contribution in [2.24, 2.45) is 0 Å². The van der Waals surface area contributed by atoms with Gasteiger partial charge in [0, 0.05) is 6.04 Å². The van der Waals surface area contributed by atoms with Crippen molar-refractivity contribution in [1.29, 1.82) is 0 Å². The fourth-order valence-electron chi connectivity index (χ4n) is 3.57. The summed E-state index contributed by atoms with van der Waals surface area (Å²) >= 11 is 0. The zero-order valence-corrected chi connectivity index (χ0v) is 12.4. The van der Waals surface area contributed by atoms with Gasteiger partial charge in [-0.15, -0.1) is 0 Å². The lowest BCUT2D eigenvalue weighted by atomic mass is 9.86. The lowest BCUT2D eigenvalue weighted by Crippen LogP contribution is -2.26. The summed E-state index contributed by atoms with van der Waals surface area (Å²) < 4.78 is 27.2. The molecule has 0 aromatic heterocycles. The Morgan fingerprint density at radius 2 is 1.68 bits per heavy atom. The second-order valence-electron chi connectivity index (χ2n) is 5.95. The summed E-state index contributed by atoms with van der Waals surface area (Å²) in [6, 6.07) is 7.36. The SMILES string of the molecule is Cc1ccc(S(=O)(=O)N2C(C)C23CCCCC3)cc1. The number of rotatable bonds is 2. The Kier molecular flexibility index (Phi) is 2.98. The molecular weight excluding hydrogens is 258 g/mol. The van der Waals surface area contributed by atoms with Gasteiger partial charge in [0.15, 0.2) is 0 Å². The molecule has 0 N–H and O–H groups in total. The molecule has 0 amide bonds. The van der Waals surface area contributed by atoms with Crippen LogP contribution in [0.4, 0.5) is 0 Å². The molecule has 2 atom stereocenters. The van der Waals surface area contributed by atoms with Gasteiger partial charge in [-0.3, -0.25) is 0 Å². The summed E-state index contributed by atoms with van der Waals surface area (Å²) in [6.45, 7) is 4.02. The maximum Gasteiger partial charge on any atom is 0.243 e. The normalized spacial score (nSPS) is 29.4. The maximum absolute atomic E-state index is 12.7. The average molecular weight is 279 g/mol. The van der Waals surface area contributed by atoms with Crippen LogP contribution in [-0.4, -0.2) is 24.3 Å². The van der Waals surface area contributed by atoms with Crippen LogP contribution in [0.15, 0.2) is 29.2 Å². The van der Waals surface area contributed by atoms with Gasteiger partial charge in [-0.05, 0) is 38.8 Å². The van der Waals surface area contributed by atoms with Gasteiger partial charge in [0.1, 0.15) is 0 Å². The molecule has 1 saturated carbocycles. The first-order chi connectivity index (χ1) is 8.98. The number of aryl methyl sites for hydroxylation is 1. The van der Waals surface area contributed by atoms with Gasteiger partial charge >= 0.3 is 0 Å². The minimum atomic E-state index is -3.31. The third-order valence-corrected chi connectivity index (χ3v) is 6.86. The lowest BCUT2D eigenvalue weighted by molar-refractivity contribution is 0.363. The van der Waals surface area contributed by atoms with E-state index in [1.165, 1.54) is 6.42 Å². The summed E-state index contributed by atoms with van der Waals surface area (Å²) in [4.78, 5) is 0.437. The molecule has 1 aliphatic carbocycles. The van der Waals surface area contributed by atoms with Crippen molar-refractivity contribution in [3.05, 3.63) is 29.8 Å². The Bertz CT molecular complexity index is 571. The average Bonchev–Trinajstić information content (AvgIpc) is 2.95. The maximum atomic E-state index is 12.7. The summed E-state index contributed by atoms with van der Waals surface area (Å²) in [5, 5.41) is 0. The van der Waals surface area contributed by atoms with Crippen molar-refractivity contribution in [3.63, 3.8) is 0 Å². The summed E-state index contributed by atoms with van der Waals surface area (Å²) in [7, 11) is -3.31. The van der Waals surface area contributed by atoms with E-state index in [1.807, 2.05) is 19.1 Å². The predicted molar refractivity (Wildman–Crippen MR) is 75.5 cm³/mol. The van der Waals surface area contributed by atoms with E-state index in [1.54, 1.807) is 16.4 Å². The van der Waals surface area contributed by atoms with Crippen molar-refractivity contribution >= 4 is 10.0 Å². The Hall–Kier alpha value is -0.870. The van der Waals surface area contributed by atoms with Gasteiger partial charge in [-0.25, -0.2) is 8.42 Å². The second kappa shape index (κ2) is 4.32. The molecule has 1 spiro atoms. The Balaban J connectivity index is 1.92. The molecule has 0 bridgehead atoms. The highest BCUT2D eigenvalue weighted by atomic mass is 32.2. The van der Waals surface area contributed by atoms with Gasteiger partial charge < -0.3 is 0 Å². The number of hydrogen-bond donors (Lipinski definition) is 0. The van der Waals surface area contributed by atoms with E-state index >= 15 is 0 Å². The topological polar surface area (TPSA) is 37.1 Å². The standard InChI is InChI=1S/C15H21NO2S/c1-12-6-8-14(9-7-12)19(17,18)16-13(2)15(16)10-4-3-5-11-15/h6-9,13H,3-5,10-11H2,1-2H3. The van der Waals surface area contributed by atoms with Crippen molar-refractivity contribution in [2.45, 2.75) is 62.4 Å². The van der Waals surface area contributed by atoms with Gasteiger partial charge in [-0.1, -0.05) is 37.0 Å². The first-order valence-corrected chi connectivity index (χ1v) is 8.54. The monoisotopic (exact) mass is 279 g/mol. The Labute approximate surface area is 115 Å². The van der Waals surface area contributed by atoms with Crippen LogP contribution in [0.25, 0.3) is 0 Å². The molecule has 1 heterocycles. The highest BCUT2D eigenvalue weighted by Gasteiger charge is 2.65. The number of hydrogen-bond acceptors (Lipinski definition) is 2. The van der Waals surface area contributed by atoms with Gasteiger partial charge in [0.2, 0.25) is 10.0 Å². The first kappa shape index (κ1) is 13.1. The van der Waals surface area contributed by atoms with E-state index in [2.05, 4.69) is 6.92 Å². The molecule has 2 aliphatic rings. The molecule has 3 nitrogen and oxygen atoms in total. The molecule has 1 saturated heterocycles. The number of sulfonamides is 1. The molecule has 2 unspecified atom stereocenters. The summed E-state index contributed by atoms with van der Waals surface area (Å²) in [6.07, 6.45) is 5.61. The number of benzene rings is 1. The first-order valence-electron chi connectivity index (χ1n) is 7.10. The number of nitrogens with zero attached hydrogens (tertiary/aromatic N) is 1. The third-order valence-electron chi connectivity index (χ3n) is 4.80. The van der Waals surface area contributed by atoms with Gasteiger partial charge in [0.25, 0.3) is 0 Å². The predicted octanol–water partition coefficient (Wildman–Crippen LogP) is 3.09. The lowest BCUT2D eigenvalue weighted by Gasteiger charge is -2.22. The second-order valence-corrected chi connectivity index (χ2v) is 7.77. The van der Waals surface area contributed by atoms with E-state index in [9.17, 15) is 8.42 Å². The fourth-order valence-corrected chi connectivity index (χ4v) is 5.66. The zero-order chi connectivity index (χ0) is 13.7. The van der Waals surface area contributed by atoms with Crippen molar-refractivity contribution in [1.82, 2.24) is 4.31 Å². The van der Waals surface area contributed by atoms with Crippen LogP contribution in [0.2, 0.25) is 0 Å². The molecule has 1 aromatic carbocycles. The highest BCUT2D eigenvalue weighted by molar-refractivity contribution is 7.89. The Morgan fingerprint density at radius 1 is 1.11 bits per heavy atom. The largest absolute Gasteiger partial charge is 0.243 e. The minimum absolute atomic E-state index is 0.0675. The van der Waals surface area contributed by atoms with E-state index < -0.39 is 10.0 Å². The van der Waals surface area contributed by atoms with Crippen molar-refractivity contribution in [3.8, 4) is 0 Å². The van der Waals surface area contributed by atoms with E-state index in [0.29, 0.717) is 4.90 Å². The van der Waals surface area contributed by atoms with Crippen LogP contribution in [0.5, 0.6) is 0 Å². The van der Waals surface area contributed by atoms with Crippen LogP contribution in [0.3, 0.4) is 0 Å². The van der Waals surface area contributed by atoms with Crippen LogP contribution >= 0.6 is 0 Å². The highest BCUT2D eigenvalue weighted by Crippen LogP contribution is 2.54. The molecule has 19 heavy (non-hydrogen) atoms. The summed E-state index contributed by atoms with van der Waals surface area (Å²) in [5.74, 6) is 0. The molecule has 1 aliphatic heterocycles. The van der Waals surface area contributed by atoms with Gasteiger partial charge in [-0.2, -0.15) is 4.31 Å².